The Labute approximate surface area is 117 Å². The molecule has 0 saturated heterocycles. The first kappa shape index (κ1) is 14.0. The maximum atomic E-state index is 12.9. The van der Waals surface area contributed by atoms with Crippen molar-refractivity contribution >= 4 is 0 Å². The third-order valence-corrected chi connectivity index (χ3v) is 4.83. The van der Waals surface area contributed by atoms with E-state index in [0.717, 1.165) is 42.9 Å². The number of hydrogen-bond acceptors (Lipinski definition) is 1. The fourth-order valence-corrected chi connectivity index (χ4v) is 3.61. The van der Waals surface area contributed by atoms with E-state index in [1.165, 1.54) is 0 Å². The Kier molecular flexibility index (Phi) is 3.55. The normalized spacial score (nSPS) is 31.1. The van der Waals surface area contributed by atoms with Crippen molar-refractivity contribution in [3.05, 3.63) is 17.2 Å². The largest absolute Gasteiger partial charge is 0.391 e. The molecule has 2 nitrogen and oxygen atoms in total. The van der Waals surface area contributed by atoms with E-state index in [9.17, 15) is 13.2 Å². The molecule has 0 aromatic carbocycles. The fourth-order valence-electron chi connectivity index (χ4n) is 3.61. The number of H-pyrrole nitrogens is 1. The molecular formula is C15H21F3N2. The van der Waals surface area contributed by atoms with Crippen molar-refractivity contribution in [2.75, 3.05) is 0 Å². The highest BCUT2D eigenvalue weighted by Gasteiger charge is 2.43. The number of imidazole rings is 1. The van der Waals surface area contributed by atoms with Crippen LogP contribution in [0, 0.1) is 11.8 Å². The van der Waals surface area contributed by atoms with Gasteiger partial charge in [0.05, 0.1) is 11.6 Å². The van der Waals surface area contributed by atoms with Crippen molar-refractivity contribution in [3.63, 3.8) is 0 Å². The molecule has 3 unspecified atom stereocenters. The lowest BCUT2D eigenvalue weighted by Gasteiger charge is -2.29. The highest BCUT2D eigenvalue weighted by Crippen LogP contribution is 2.43. The summed E-state index contributed by atoms with van der Waals surface area (Å²) in [5.41, 5.74) is 2.25. The van der Waals surface area contributed by atoms with Gasteiger partial charge in [-0.2, -0.15) is 13.2 Å². The molecule has 1 saturated carbocycles. The fraction of sp³-hybridized carbons (Fsp3) is 0.800. The first-order valence-electron chi connectivity index (χ1n) is 7.58. The Morgan fingerprint density at radius 3 is 2.75 bits per heavy atom. The number of nitrogens with one attached hydrogen (secondary N) is 1. The standard InChI is InChI=1S/C15H21F3N2/c1-9-5-6-12-13(7-9)20-14(19-12)10-3-2-4-11(8-10)15(16,17)18/h9-11H,2-8H2,1H3,(H,19,20). The number of alkyl halides is 3. The van der Waals surface area contributed by atoms with Gasteiger partial charge in [0.1, 0.15) is 5.82 Å². The van der Waals surface area contributed by atoms with Crippen LogP contribution in [0.3, 0.4) is 0 Å². The average Bonchev–Trinajstić information content (AvgIpc) is 2.81. The molecule has 0 radical (unpaired) electrons. The number of halogens is 3. The van der Waals surface area contributed by atoms with Crippen LogP contribution in [0.25, 0.3) is 0 Å². The van der Waals surface area contributed by atoms with Crippen molar-refractivity contribution in [3.8, 4) is 0 Å². The number of fused-ring (bicyclic) bond motifs is 1. The van der Waals surface area contributed by atoms with E-state index in [2.05, 4.69) is 16.9 Å². The minimum atomic E-state index is -4.06. The van der Waals surface area contributed by atoms with E-state index in [1.807, 2.05) is 0 Å². The van der Waals surface area contributed by atoms with Gasteiger partial charge in [-0.25, -0.2) is 4.98 Å². The maximum absolute atomic E-state index is 12.9. The number of hydrogen-bond donors (Lipinski definition) is 1. The Morgan fingerprint density at radius 2 is 2.00 bits per heavy atom. The van der Waals surface area contributed by atoms with Gasteiger partial charge in [-0.3, -0.25) is 0 Å². The summed E-state index contributed by atoms with van der Waals surface area (Å²) >= 11 is 0. The van der Waals surface area contributed by atoms with E-state index >= 15 is 0 Å². The van der Waals surface area contributed by atoms with Gasteiger partial charge in [-0.15, -0.1) is 0 Å². The summed E-state index contributed by atoms with van der Waals surface area (Å²) in [7, 11) is 0. The summed E-state index contributed by atoms with van der Waals surface area (Å²) in [5.74, 6) is 0.252. The molecule has 3 rings (SSSR count). The third-order valence-electron chi connectivity index (χ3n) is 4.83. The predicted molar refractivity (Wildman–Crippen MR) is 70.5 cm³/mol. The van der Waals surface area contributed by atoms with Gasteiger partial charge in [0, 0.05) is 11.6 Å². The van der Waals surface area contributed by atoms with Gasteiger partial charge in [0.25, 0.3) is 0 Å². The number of aromatic nitrogens is 2. The predicted octanol–water partition coefficient (Wildman–Crippen LogP) is 4.37. The lowest BCUT2D eigenvalue weighted by Crippen LogP contribution is -2.28. The molecule has 1 aromatic rings. The van der Waals surface area contributed by atoms with Crippen molar-refractivity contribution in [1.82, 2.24) is 9.97 Å². The van der Waals surface area contributed by atoms with E-state index < -0.39 is 12.1 Å². The zero-order chi connectivity index (χ0) is 14.3. The van der Waals surface area contributed by atoms with Crippen LogP contribution in [-0.2, 0) is 12.8 Å². The van der Waals surface area contributed by atoms with Crippen LogP contribution in [0.15, 0.2) is 0 Å². The Bertz CT molecular complexity index is 478. The van der Waals surface area contributed by atoms with Gasteiger partial charge in [0.15, 0.2) is 0 Å². The lowest BCUT2D eigenvalue weighted by molar-refractivity contribution is -0.183. The Hall–Kier alpha value is -1.00. The van der Waals surface area contributed by atoms with Crippen molar-refractivity contribution in [2.24, 2.45) is 11.8 Å². The molecule has 20 heavy (non-hydrogen) atoms. The maximum Gasteiger partial charge on any atom is 0.391 e. The molecule has 1 N–H and O–H groups in total. The van der Waals surface area contributed by atoms with Crippen molar-refractivity contribution < 1.29 is 13.2 Å². The van der Waals surface area contributed by atoms with E-state index in [0.29, 0.717) is 12.3 Å². The number of rotatable bonds is 1. The molecular weight excluding hydrogens is 265 g/mol. The topological polar surface area (TPSA) is 28.7 Å². The number of nitrogens with zero attached hydrogens (tertiary/aromatic N) is 1. The SMILES string of the molecule is CC1CCc2nc(C3CCCC(C(F)(F)F)C3)[nH]c2C1. The van der Waals surface area contributed by atoms with Crippen molar-refractivity contribution in [2.45, 2.75) is 64.0 Å². The Balaban J connectivity index is 1.76. The highest BCUT2D eigenvalue weighted by molar-refractivity contribution is 5.20. The molecule has 112 valence electrons. The highest BCUT2D eigenvalue weighted by atomic mass is 19.4. The minimum Gasteiger partial charge on any atom is -0.345 e. The molecule has 5 heteroatoms. The van der Waals surface area contributed by atoms with Crippen LogP contribution >= 0.6 is 0 Å². The molecule has 1 aromatic heterocycles. The van der Waals surface area contributed by atoms with E-state index in [1.54, 1.807) is 0 Å². The van der Waals surface area contributed by atoms with Crippen LogP contribution < -0.4 is 0 Å². The van der Waals surface area contributed by atoms with Gasteiger partial charge in [-0.1, -0.05) is 13.3 Å². The summed E-state index contributed by atoms with van der Waals surface area (Å²) in [6, 6.07) is 0. The van der Waals surface area contributed by atoms with Gasteiger partial charge in [0.2, 0.25) is 0 Å². The smallest absolute Gasteiger partial charge is 0.345 e. The van der Waals surface area contributed by atoms with Gasteiger partial charge in [-0.05, 0) is 44.4 Å². The second-order valence-electron chi connectivity index (χ2n) is 6.50. The summed E-state index contributed by atoms with van der Waals surface area (Å²) in [5, 5.41) is 0. The van der Waals surface area contributed by atoms with Crippen LogP contribution in [0.5, 0.6) is 0 Å². The molecule has 2 aliphatic rings. The lowest BCUT2D eigenvalue weighted by atomic mass is 9.80. The summed E-state index contributed by atoms with van der Waals surface area (Å²) in [4.78, 5) is 7.93. The van der Waals surface area contributed by atoms with Crippen LogP contribution in [0.1, 0.15) is 62.2 Å². The molecule has 2 aliphatic carbocycles. The first-order chi connectivity index (χ1) is 9.43. The van der Waals surface area contributed by atoms with E-state index in [4.69, 9.17) is 0 Å². The van der Waals surface area contributed by atoms with Crippen LogP contribution in [-0.4, -0.2) is 16.1 Å². The number of aryl methyl sites for hydroxylation is 1. The zero-order valence-corrected chi connectivity index (χ0v) is 11.8. The third kappa shape index (κ3) is 2.72. The second-order valence-corrected chi connectivity index (χ2v) is 6.50. The minimum absolute atomic E-state index is 0.0451. The average molecular weight is 286 g/mol. The van der Waals surface area contributed by atoms with Gasteiger partial charge >= 0.3 is 6.18 Å². The molecule has 0 bridgehead atoms. The molecule has 1 heterocycles. The summed E-state index contributed by atoms with van der Waals surface area (Å²) in [6.07, 6.45) is 0.973. The molecule has 0 amide bonds. The van der Waals surface area contributed by atoms with E-state index in [-0.39, 0.29) is 18.8 Å². The molecule has 0 spiro atoms. The molecule has 3 atom stereocenters. The second kappa shape index (κ2) is 5.08. The zero-order valence-electron chi connectivity index (χ0n) is 11.8. The molecule has 1 fully saturated rings. The first-order valence-corrected chi connectivity index (χ1v) is 7.58. The molecule has 0 aliphatic heterocycles. The summed E-state index contributed by atoms with van der Waals surface area (Å²) < 4.78 is 38.6. The Morgan fingerprint density at radius 1 is 1.20 bits per heavy atom. The summed E-state index contributed by atoms with van der Waals surface area (Å²) in [6.45, 7) is 2.21. The quantitative estimate of drug-likeness (QED) is 0.816. The van der Waals surface area contributed by atoms with Gasteiger partial charge < -0.3 is 4.98 Å². The van der Waals surface area contributed by atoms with Crippen LogP contribution in [0.2, 0.25) is 0 Å². The number of aromatic amines is 1. The van der Waals surface area contributed by atoms with Crippen LogP contribution in [0.4, 0.5) is 13.2 Å². The monoisotopic (exact) mass is 286 g/mol. The van der Waals surface area contributed by atoms with Crippen molar-refractivity contribution in [1.29, 1.82) is 0 Å².